The third-order valence-electron chi connectivity index (χ3n) is 4.35. The summed E-state index contributed by atoms with van der Waals surface area (Å²) in [6, 6.07) is 13.9. The van der Waals surface area contributed by atoms with E-state index in [-0.39, 0.29) is 6.04 Å². The molecule has 0 bridgehead atoms. The maximum absolute atomic E-state index is 3.48. The molecule has 0 amide bonds. The van der Waals surface area contributed by atoms with Crippen molar-refractivity contribution in [2.24, 2.45) is 0 Å². The summed E-state index contributed by atoms with van der Waals surface area (Å²) in [5.41, 5.74) is 8.35. The van der Waals surface area contributed by atoms with E-state index in [2.05, 4.69) is 69.4 Å². The van der Waals surface area contributed by atoms with Gasteiger partial charge in [0.1, 0.15) is 0 Å². The van der Waals surface area contributed by atoms with Crippen LogP contribution >= 0.6 is 0 Å². The van der Waals surface area contributed by atoms with Gasteiger partial charge in [-0.1, -0.05) is 55.8 Å². The van der Waals surface area contributed by atoms with Gasteiger partial charge in [0.05, 0.1) is 6.04 Å². The van der Waals surface area contributed by atoms with Crippen molar-refractivity contribution >= 4 is 0 Å². The van der Waals surface area contributed by atoms with Gasteiger partial charge < -0.3 is 5.32 Å². The molecule has 0 aliphatic carbocycles. The molecule has 2 rings (SSSR count). The maximum atomic E-state index is 3.48. The number of hydrogen-bond acceptors (Lipinski definition) is 1. The second-order valence-corrected chi connectivity index (χ2v) is 5.82. The summed E-state index contributed by atoms with van der Waals surface area (Å²) in [6.45, 7) is 8.82. The zero-order chi connectivity index (χ0) is 15.4. The zero-order valence-corrected chi connectivity index (χ0v) is 14.0. The van der Waals surface area contributed by atoms with Crippen LogP contribution in [-0.4, -0.2) is 7.05 Å². The van der Waals surface area contributed by atoms with Gasteiger partial charge in [-0.15, -0.1) is 0 Å². The van der Waals surface area contributed by atoms with E-state index in [0.29, 0.717) is 0 Å². The normalized spacial score (nSPS) is 12.4. The average molecular weight is 281 g/mol. The summed E-state index contributed by atoms with van der Waals surface area (Å²) in [4.78, 5) is 0. The summed E-state index contributed by atoms with van der Waals surface area (Å²) >= 11 is 0. The molecule has 0 aromatic heterocycles. The average Bonchev–Trinajstić information content (AvgIpc) is 2.49. The third-order valence-corrected chi connectivity index (χ3v) is 4.35. The molecule has 2 aromatic rings. The van der Waals surface area contributed by atoms with Crippen LogP contribution in [0.4, 0.5) is 0 Å². The highest BCUT2D eigenvalue weighted by atomic mass is 14.9. The second kappa shape index (κ2) is 6.91. The smallest absolute Gasteiger partial charge is 0.0576 e. The highest BCUT2D eigenvalue weighted by Gasteiger charge is 2.15. The predicted octanol–water partition coefficient (Wildman–Crippen LogP) is 4.74. The summed E-state index contributed by atoms with van der Waals surface area (Å²) in [7, 11) is 2.04. The lowest BCUT2D eigenvalue weighted by atomic mass is 9.91. The van der Waals surface area contributed by atoms with Gasteiger partial charge in [0, 0.05) is 0 Å². The van der Waals surface area contributed by atoms with Crippen LogP contribution in [0.15, 0.2) is 36.4 Å². The van der Waals surface area contributed by atoms with Gasteiger partial charge >= 0.3 is 0 Å². The molecule has 1 N–H and O–H groups in total. The Morgan fingerprint density at radius 3 is 2.19 bits per heavy atom. The molecular formula is C20H27N. The van der Waals surface area contributed by atoms with E-state index >= 15 is 0 Å². The first-order valence-corrected chi connectivity index (χ1v) is 7.96. The molecule has 1 unspecified atom stereocenters. The van der Waals surface area contributed by atoms with Crippen LogP contribution < -0.4 is 5.32 Å². The van der Waals surface area contributed by atoms with Crippen LogP contribution in [-0.2, 0) is 12.8 Å². The maximum Gasteiger partial charge on any atom is 0.0576 e. The molecule has 0 aliphatic rings. The Morgan fingerprint density at radius 2 is 1.62 bits per heavy atom. The fraction of sp³-hybridized carbons (Fsp3) is 0.400. The van der Waals surface area contributed by atoms with Gasteiger partial charge in [-0.05, 0) is 61.6 Å². The highest BCUT2D eigenvalue weighted by molar-refractivity contribution is 5.42. The van der Waals surface area contributed by atoms with Gasteiger partial charge in [0.15, 0.2) is 0 Å². The standard InChI is InChI=1S/C20H27N/c1-6-16-9-10-18(13-17(16)7-2)20(21-5)19-11-8-14(3)12-15(19)4/h8-13,20-21H,6-7H2,1-5H3. The van der Waals surface area contributed by atoms with Crippen molar-refractivity contribution in [1.29, 1.82) is 0 Å². The van der Waals surface area contributed by atoms with E-state index in [4.69, 9.17) is 0 Å². The van der Waals surface area contributed by atoms with Crippen LogP contribution in [0.5, 0.6) is 0 Å². The molecule has 0 saturated carbocycles. The Labute approximate surface area is 129 Å². The number of rotatable bonds is 5. The second-order valence-electron chi connectivity index (χ2n) is 5.82. The van der Waals surface area contributed by atoms with Crippen LogP contribution in [0.1, 0.15) is 53.3 Å². The first-order chi connectivity index (χ1) is 10.1. The molecular weight excluding hydrogens is 254 g/mol. The molecule has 0 spiro atoms. The molecule has 0 aliphatic heterocycles. The van der Waals surface area contributed by atoms with Crippen molar-refractivity contribution in [2.45, 2.75) is 46.6 Å². The van der Waals surface area contributed by atoms with Gasteiger partial charge in [0.25, 0.3) is 0 Å². The minimum Gasteiger partial charge on any atom is -0.309 e. The van der Waals surface area contributed by atoms with Gasteiger partial charge in [-0.2, -0.15) is 0 Å². The summed E-state index contributed by atoms with van der Waals surface area (Å²) in [5, 5.41) is 3.48. The Morgan fingerprint density at radius 1 is 0.905 bits per heavy atom. The van der Waals surface area contributed by atoms with Crippen molar-refractivity contribution in [1.82, 2.24) is 5.32 Å². The van der Waals surface area contributed by atoms with E-state index in [0.717, 1.165) is 12.8 Å². The lowest BCUT2D eigenvalue weighted by Crippen LogP contribution is -2.19. The van der Waals surface area contributed by atoms with Crippen LogP contribution in [0.25, 0.3) is 0 Å². The fourth-order valence-electron chi connectivity index (χ4n) is 3.15. The number of nitrogens with one attached hydrogen (secondary N) is 1. The molecule has 21 heavy (non-hydrogen) atoms. The number of hydrogen-bond donors (Lipinski definition) is 1. The Hall–Kier alpha value is -1.60. The molecule has 0 heterocycles. The first kappa shape index (κ1) is 15.8. The quantitative estimate of drug-likeness (QED) is 0.835. The topological polar surface area (TPSA) is 12.0 Å². The van der Waals surface area contributed by atoms with E-state index in [1.807, 2.05) is 7.05 Å². The van der Waals surface area contributed by atoms with Gasteiger partial charge in [0.2, 0.25) is 0 Å². The van der Waals surface area contributed by atoms with Crippen molar-refractivity contribution in [3.63, 3.8) is 0 Å². The molecule has 112 valence electrons. The predicted molar refractivity (Wildman–Crippen MR) is 92.0 cm³/mol. The number of benzene rings is 2. The van der Waals surface area contributed by atoms with Crippen LogP contribution in [0.3, 0.4) is 0 Å². The fourth-order valence-corrected chi connectivity index (χ4v) is 3.15. The third kappa shape index (κ3) is 3.36. The molecule has 1 heteroatoms. The van der Waals surface area contributed by atoms with Crippen molar-refractivity contribution in [3.05, 3.63) is 69.8 Å². The zero-order valence-electron chi connectivity index (χ0n) is 14.0. The molecule has 2 aromatic carbocycles. The SMILES string of the molecule is CCc1ccc(C(NC)c2ccc(C)cc2C)cc1CC. The summed E-state index contributed by atoms with van der Waals surface area (Å²) < 4.78 is 0. The summed E-state index contributed by atoms with van der Waals surface area (Å²) in [6.07, 6.45) is 2.21. The molecule has 0 radical (unpaired) electrons. The largest absolute Gasteiger partial charge is 0.309 e. The minimum atomic E-state index is 0.266. The van der Waals surface area contributed by atoms with Crippen molar-refractivity contribution in [3.8, 4) is 0 Å². The molecule has 0 saturated heterocycles. The molecule has 1 nitrogen and oxygen atoms in total. The van der Waals surface area contributed by atoms with E-state index in [9.17, 15) is 0 Å². The van der Waals surface area contributed by atoms with Gasteiger partial charge in [-0.25, -0.2) is 0 Å². The Balaban J connectivity index is 2.46. The van der Waals surface area contributed by atoms with E-state index < -0.39 is 0 Å². The van der Waals surface area contributed by atoms with Gasteiger partial charge in [-0.3, -0.25) is 0 Å². The molecule has 0 fully saturated rings. The van der Waals surface area contributed by atoms with Crippen molar-refractivity contribution < 1.29 is 0 Å². The monoisotopic (exact) mass is 281 g/mol. The highest BCUT2D eigenvalue weighted by Crippen LogP contribution is 2.27. The Bertz CT molecular complexity index is 613. The summed E-state index contributed by atoms with van der Waals surface area (Å²) in [5.74, 6) is 0. The Kier molecular flexibility index (Phi) is 5.19. The van der Waals surface area contributed by atoms with E-state index in [1.165, 1.54) is 33.4 Å². The van der Waals surface area contributed by atoms with Crippen LogP contribution in [0, 0.1) is 13.8 Å². The van der Waals surface area contributed by atoms with Crippen LogP contribution in [0.2, 0.25) is 0 Å². The number of aryl methyl sites for hydroxylation is 4. The van der Waals surface area contributed by atoms with E-state index in [1.54, 1.807) is 0 Å². The minimum absolute atomic E-state index is 0.266. The lowest BCUT2D eigenvalue weighted by molar-refractivity contribution is 0.685. The molecule has 1 atom stereocenters. The lowest BCUT2D eigenvalue weighted by Gasteiger charge is -2.21. The first-order valence-electron chi connectivity index (χ1n) is 7.96. The van der Waals surface area contributed by atoms with Crippen molar-refractivity contribution in [2.75, 3.05) is 7.05 Å².